The predicted molar refractivity (Wildman–Crippen MR) is 458 cm³/mol. The Morgan fingerprint density at radius 1 is 0.577 bits per heavy atom. The summed E-state index contributed by atoms with van der Waals surface area (Å²) in [4.78, 5) is 224. The molecule has 38 nitrogen and oxygen atoms in total. The van der Waals surface area contributed by atoms with E-state index in [1.165, 1.54) is 18.7 Å². The molecule has 1 aromatic carbocycles. The van der Waals surface area contributed by atoms with E-state index in [9.17, 15) is 87.2 Å². The molecule has 4 saturated carbocycles. The molecule has 3 unspecified atom stereocenters. The Hall–Kier alpha value is -9.99. The van der Waals surface area contributed by atoms with Gasteiger partial charge in [-0.1, -0.05) is 66.7 Å². The number of aromatic amines is 1. The number of Topliss-reactive ketones (excluding diaryl/α,β-unsaturated/α-hetero) is 1. The van der Waals surface area contributed by atoms with Crippen molar-refractivity contribution in [3.63, 3.8) is 0 Å². The third-order valence-electron chi connectivity index (χ3n) is 25.7. The minimum Gasteiger partial charge on any atom is -0.480 e. The lowest BCUT2D eigenvalue weighted by Gasteiger charge is -2.60. The van der Waals surface area contributed by atoms with Crippen LogP contribution in [0.2, 0.25) is 0 Å². The van der Waals surface area contributed by atoms with E-state index in [0.717, 1.165) is 49.2 Å². The molecule has 2 heterocycles. The molecule has 0 radical (unpaired) electrons. The Balaban J connectivity index is 0.924. The molecule has 1 saturated heterocycles. The quantitative estimate of drug-likeness (QED) is 0.0375. The highest BCUT2D eigenvalue weighted by molar-refractivity contribution is 7.98. The average Bonchev–Trinajstić information content (AvgIpc) is 1.66. The molecule has 39 heteroatoms. The highest BCUT2D eigenvalue weighted by atomic mass is 32.2. The minimum absolute atomic E-state index is 0.000646. The molecule has 12 amide bonds. The molecule has 5 fully saturated rings. The van der Waals surface area contributed by atoms with Crippen LogP contribution in [0.3, 0.4) is 0 Å². The number of carbonyl (C=O) groups excluding carboxylic acids is 13. The Labute approximate surface area is 722 Å². The maximum Gasteiger partial charge on any atom is 0.317 e. The van der Waals surface area contributed by atoms with E-state index in [-0.39, 0.29) is 200 Å². The molecule has 5 aliphatic rings. The predicted octanol–water partition coefficient (Wildman–Crippen LogP) is -1.07. The molecule has 22 N–H and O–H groups in total. The maximum atomic E-state index is 15.0. The summed E-state index contributed by atoms with van der Waals surface area (Å²) in [5.41, 5.74) is 23.3. The van der Waals surface area contributed by atoms with Crippen molar-refractivity contribution in [1.82, 2.24) is 77.8 Å². The molecule has 4 aliphatic carbocycles. The van der Waals surface area contributed by atoms with Crippen LogP contribution >= 0.6 is 11.8 Å². The van der Waals surface area contributed by atoms with Gasteiger partial charge >= 0.3 is 17.9 Å². The number of nitrogens with two attached hydrogens (primary N) is 4. The van der Waals surface area contributed by atoms with Crippen molar-refractivity contribution >= 4 is 117 Å². The Kier molecular flexibility index (Phi) is 38.4. The van der Waals surface area contributed by atoms with E-state index in [2.05, 4.69) is 72.0 Å². The van der Waals surface area contributed by atoms with Crippen LogP contribution in [0.1, 0.15) is 157 Å². The smallest absolute Gasteiger partial charge is 0.317 e. The first kappa shape index (κ1) is 100. The minimum atomic E-state index is -1.42. The van der Waals surface area contributed by atoms with E-state index in [4.69, 9.17) is 22.9 Å². The van der Waals surface area contributed by atoms with Crippen LogP contribution in [0, 0.1) is 58.2 Å². The molecule has 7 rings (SSSR count). The third-order valence-corrected chi connectivity index (χ3v) is 26.3. The molecule has 1 aromatic heterocycles. The maximum absolute atomic E-state index is 15.0. The van der Waals surface area contributed by atoms with Gasteiger partial charge in [-0.15, -0.1) is 0 Å². The van der Waals surface area contributed by atoms with Gasteiger partial charge in [-0.25, -0.2) is 0 Å². The number of primary amides is 2. The highest BCUT2D eigenvalue weighted by Crippen LogP contribution is 2.67. The summed E-state index contributed by atoms with van der Waals surface area (Å²) in [5.74, 6) is -11.2. The number of ketones is 1. The van der Waals surface area contributed by atoms with Gasteiger partial charge in [0, 0.05) is 125 Å². The number of nitrogens with zero attached hydrogens (tertiary/aromatic N) is 4. The van der Waals surface area contributed by atoms with Crippen molar-refractivity contribution in [3.05, 3.63) is 47.9 Å². The summed E-state index contributed by atoms with van der Waals surface area (Å²) in [7, 11) is 0. The number of amides is 12. The number of rotatable bonds is 44. The first-order valence-electron chi connectivity index (χ1n) is 42.9. The zero-order valence-electron chi connectivity index (χ0n) is 72.5. The van der Waals surface area contributed by atoms with E-state index in [1.807, 2.05) is 45.2 Å². The van der Waals surface area contributed by atoms with E-state index in [1.54, 1.807) is 45.7 Å². The number of carboxylic acid groups (broad SMARTS) is 3. The number of thioether (sulfide) groups is 1. The summed E-state index contributed by atoms with van der Waals surface area (Å²) in [6.07, 6.45) is 10.2. The van der Waals surface area contributed by atoms with Gasteiger partial charge in [0.2, 0.25) is 70.9 Å². The van der Waals surface area contributed by atoms with E-state index >= 15 is 4.79 Å². The number of aromatic nitrogens is 1. The monoisotopic (exact) mass is 1740 g/mol. The molecule has 0 bridgehead atoms. The topological polar surface area (TPSA) is 587 Å². The zero-order valence-corrected chi connectivity index (χ0v) is 73.3. The fraction of sp³-hybridized carbons (Fsp3) is 0.690. The number of hydrogen-bond donors (Lipinski definition) is 18. The summed E-state index contributed by atoms with van der Waals surface area (Å²) in [6, 6.07) is -1.97. The van der Waals surface area contributed by atoms with Crippen LogP contribution in [0.15, 0.2) is 42.4 Å². The fourth-order valence-electron chi connectivity index (χ4n) is 18.9. The molecular formula is C84H133N19O19S. The molecule has 2 aromatic rings. The van der Waals surface area contributed by atoms with Crippen molar-refractivity contribution in [2.75, 3.05) is 104 Å². The van der Waals surface area contributed by atoms with Gasteiger partial charge in [0.1, 0.15) is 48.1 Å². The number of carboxylic acids is 3. The Morgan fingerprint density at radius 3 is 1.72 bits per heavy atom. The summed E-state index contributed by atoms with van der Waals surface area (Å²) < 4.78 is 0. The summed E-state index contributed by atoms with van der Waals surface area (Å²) >= 11 is 1.45. The van der Waals surface area contributed by atoms with Crippen LogP contribution in [-0.4, -0.2) is 286 Å². The summed E-state index contributed by atoms with van der Waals surface area (Å²) in [6.45, 7) is 14.4. The number of benzene rings is 1. The first-order chi connectivity index (χ1) is 58.1. The van der Waals surface area contributed by atoms with Gasteiger partial charge in [0.25, 0.3) is 0 Å². The molecular weight excluding hydrogens is 1610 g/mol. The molecule has 684 valence electrons. The number of para-hydroxylation sites is 1. The van der Waals surface area contributed by atoms with Crippen LogP contribution in [0.5, 0.6) is 0 Å². The van der Waals surface area contributed by atoms with Gasteiger partial charge in [-0.05, 0) is 154 Å². The lowest BCUT2D eigenvalue weighted by atomic mass is 9.44. The Morgan fingerprint density at radius 2 is 1.14 bits per heavy atom. The largest absolute Gasteiger partial charge is 0.480 e. The van der Waals surface area contributed by atoms with Gasteiger partial charge in [-0.2, -0.15) is 11.8 Å². The van der Waals surface area contributed by atoms with Crippen LogP contribution in [0.4, 0.5) is 0 Å². The number of carbonyl (C=O) groups is 16. The lowest BCUT2D eigenvalue weighted by molar-refractivity contribution is -0.158. The highest BCUT2D eigenvalue weighted by Gasteiger charge is 2.64. The second-order valence-corrected chi connectivity index (χ2v) is 36.3. The van der Waals surface area contributed by atoms with Gasteiger partial charge < -0.3 is 96.4 Å². The standard InChI is InChI=1S/C84H133N19O19S/c1-47(2)34-63(80(120)96-61(76(88)116)23-33-123-9)97-81(121)65(37-53(86)39-85)95-70(108)42-91-82(122)75(48(3)4)99-77(117)50(6)92-79(119)64(35-51-40-89-60-13-11-10-12-55(51)60)98-78(118)62(19-20-67(87)105)94-68(106)21-14-49(5)57-17-18-58-56-16-15-52-36-54(22-24-83(52,7)59(56)38-66(104)84(57,58)8)93-69(107)41-90-71(109)43-100-25-27-101(44-72(110)111)29-31-103(46-74(114)115)32-30-102(28-26-100)45-73(112)113/h10-13,39-40,47-50,52,54,56-59,61-65,75,89H,14-38,41-46,85-86H2,1-9H3,(H2,87,105)(H2,88,116)(H,90,109)(H,91,122)(H,92,119)(H,93,107)(H,94,106)(H,95,108)(H,96,120)(H,97,121)(H,98,118)(H,99,117)(H,110,111)(H,112,113)(H,114,115)/b53-39-/t49-,50+,52-,54+,56?,57-,58?,59?,61+,62+,63+,64+,65+,75+,83+,84-/m1/s1. The number of nitrogens with one attached hydrogen (secondary N) is 11. The number of aliphatic carboxylic acids is 3. The Bertz CT molecular complexity index is 4080. The van der Waals surface area contributed by atoms with Crippen molar-refractivity contribution in [2.24, 2.45) is 81.1 Å². The molecule has 123 heavy (non-hydrogen) atoms. The van der Waals surface area contributed by atoms with Gasteiger partial charge in [-0.3, -0.25) is 96.3 Å². The SMILES string of the molecule is CSCC[C@H](NC(=O)[C@H](CC(C)C)NC(=O)[C@H](C/C(N)=C/N)NC(=O)CNC(=O)[C@@H](NC(=O)[C@H](C)NC(=O)[C@H](Cc1c[nH]c2ccccc12)NC(=O)[C@H](CCC(N)=O)NC(=O)CC[C@@H](C)[C@H]1CCC2C3CC[C@@H]4C[C@@H](NC(=O)CNC(=O)CN5CCN(CC(=O)O)CCN(CC(=O)O)CCN(CC(=O)O)CC5)CC[C@]4(C)C3CC(=O)[C@@]21C)C(C)C)C(N)=O. The van der Waals surface area contributed by atoms with Crippen molar-refractivity contribution in [1.29, 1.82) is 0 Å². The van der Waals surface area contributed by atoms with Gasteiger partial charge in [0.05, 0.1) is 39.3 Å². The van der Waals surface area contributed by atoms with E-state index < -0.39 is 143 Å². The number of hydrogen-bond acceptors (Lipinski definition) is 23. The second kappa shape index (κ2) is 47.2. The molecule has 16 atom stereocenters. The van der Waals surface area contributed by atoms with Crippen molar-refractivity contribution in [3.8, 4) is 0 Å². The van der Waals surface area contributed by atoms with Crippen molar-refractivity contribution < 1.29 is 92.0 Å². The van der Waals surface area contributed by atoms with Gasteiger partial charge in [0.15, 0.2) is 0 Å². The van der Waals surface area contributed by atoms with E-state index in [0.29, 0.717) is 37.0 Å². The van der Waals surface area contributed by atoms with Crippen molar-refractivity contribution in [2.45, 2.75) is 206 Å². The average molecular weight is 1750 g/mol. The molecule has 0 spiro atoms. The number of H-pyrrole nitrogens is 1. The fourth-order valence-corrected chi connectivity index (χ4v) is 19.4. The lowest BCUT2D eigenvalue weighted by Crippen LogP contribution is -2.59. The number of fused-ring (bicyclic) bond motifs is 6. The first-order valence-corrected chi connectivity index (χ1v) is 44.3. The summed E-state index contributed by atoms with van der Waals surface area (Å²) in [5, 5.41) is 56.5. The van der Waals surface area contributed by atoms with Crippen LogP contribution in [-0.2, 0) is 83.1 Å². The molecule has 1 aliphatic heterocycles. The zero-order chi connectivity index (χ0) is 90.7. The third kappa shape index (κ3) is 29.6. The second-order valence-electron chi connectivity index (χ2n) is 35.3. The normalized spacial score (nSPS) is 23.8. The van der Waals surface area contributed by atoms with Crippen LogP contribution in [0.25, 0.3) is 10.9 Å². The van der Waals surface area contributed by atoms with Crippen LogP contribution < -0.4 is 76.1 Å².